The number of aliphatic hydroxyl groups is 1. The van der Waals surface area contributed by atoms with Gasteiger partial charge in [-0.05, 0) is 142 Å². The lowest BCUT2D eigenvalue weighted by Crippen LogP contribution is -2.64. The SMILES string of the molecule is CC(=O)NCCCC[C@H](NC(=O)[C@](C)(CCCCN)NC(=O)[C@H](Cc1ccc2ccccc2c1)NC(=O)[C@H](Cc1ccc(Oc2ccccc2)cc1)NC(=O)[C@@H]1CSCC[C@H](NC(C)=O)C(=O)N[C@@H](CCC(N)=O)C(=O)N[C@@H]([C@@H](C)O)C(=O)N[C@@H](Cc2c[nH]c3ccccc23)C(=O)N[C@@H](CCC(N)=O)C(=O)N1)C(=O)N[C@@H](CC(N)=O)C(=O)NCC(N)=O. The van der Waals surface area contributed by atoms with E-state index in [0.717, 1.165) is 36.4 Å². The maximum absolute atomic E-state index is 15.9. The Balaban J connectivity index is 1.32. The van der Waals surface area contributed by atoms with Gasteiger partial charge in [-0.2, -0.15) is 11.8 Å². The first-order valence-corrected chi connectivity index (χ1v) is 41.0. The second-order valence-corrected chi connectivity index (χ2v) is 31.1. The number of rotatable bonds is 40. The van der Waals surface area contributed by atoms with E-state index in [2.05, 4.69) is 74.1 Å². The van der Waals surface area contributed by atoms with Gasteiger partial charge in [-0.15, -0.1) is 0 Å². The molecule has 6 aromatic rings. The van der Waals surface area contributed by atoms with E-state index in [9.17, 15) is 57.8 Å². The first-order chi connectivity index (χ1) is 58.1. The molecule has 1 aromatic heterocycles. The van der Waals surface area contributed by atoms with Crippen molar-refractivity contribution < 1.29 is 91.4 Å². The first-order valence-electron chi connectivity index (χ1n) is 39.9. The number of unbranched alkanes of at least 4 members (excludes halogenated alkanes) is 2. The summed E-state index contributed by atoms with van der Waals surface area (Å²) in [5, 5.41) is 46.9. The molecule has 12 atom stereocenters. The molecule has 5 aromatic carbocycles. The standard InChI is InChI=1S/C83H109N19O19S/c1-46(103)71-81(119)98-64(41-53-43-90-57-21-11-10-20-56(53)57)78(116)94-59(29-31-67(85)106)74(112)99-66(45-122-37-33-61(92-48(3)105)75(113)93-60(76(114)101-71)30-32-68(86)107)79(117)95-62(39-49-24-27-55(28-25-49)121-54-18-6-5-7-19-54)77(115)96-63(40-50-23-26-51-16-8-9-17-52(51)38-50)80(118)102-83(4,34-13-14-35-84)82(120)100-58(22-12-15-36-89-47(2)104)73(111)97-65(42-69(87)108)72(110)91-44-70(88)109/h5-11,16-21,23-28,38,43,46,58-66,71,90,103H,12-15,22,29-37,39-42,44-45,84H2,1-4H3,(H2,85,106)(H2,86,107)(H2,87,108)(H2,88,109)(H,89,104)(H,91,110)(H,92,105)(H,93,113)(H,94,116)(H,95,117)(H,96,115)(H,97,111)(H,98,119)(H,99,112)(H,100,120)(H,101,114)(H,102,118)/t46-,58+,59+,60+,61+,62+,63+,64+,65+,66+,71+,83+/m1/s1. The first kappa shape index (κ1) is 96.1. The lowest BCUT2D eigenvalue weighted by molar-refractivity contribution is -0.138. The van der Waals surface area contributed by atoms with Crippen LogP contribution in [0.4, 0.5) is 0 Å². The highest BCUT2D eigenvalue weighted by Gasteiger charge is 2.42. The molecule has 0 spiro atoms. The molecule has 2 heterocycles. The summed E-state index contributed by atoms with van der Waals surface area (Å²) >= 11 is 0.932. The van der Waals surface area contributed by atoms with E-state index in [1.807, 2.05) is 18.2 Å². The molecule has 0 unspecified atom stereocenters. The molecule has 25 N–H and O–H groups in total. The van der Waals surface area contributed by atoms with Crippen LogP contribution in [0.1, 0.15) is 121 Å². The van der Waals surface area contributed by atoms with Crippen molar-refractivity contribution in [2.24, 2.45) is 28.7 Å². The summed E-state index contributed by atoms with van der Waals surface area (Å²) in [6, 6.07) is 17.7. The van der Waals surface area contributed by atoms with Crippen LogP contribution in [0, 0.1) is 0 Å². The van der Waals surface area contributed by atoms with Gasteiger partial charge in [0, 0.05) is 75.3 Å². The maximum Gasteiger partial charge on any atom is 0.246 e. The third kappa shape index (κ3) is 31.3. The summed E-state index contributed by atoms with van der Waals surface area (Å²) < 4.78 is 6.08. The van der Waals surface area contributed by atoms with Crippen LogP contribution >= 0.6 is 11.8 Å². The number of ether oxygens (including phenoxy) is 1. The lowest BCUT2D eigenvalue weighted by Gasteiger charge is -2.34. The van der Waals surface area contributed by atoms with Crippen LogP contribution in [0.15, 0.2) is 128 Å². The Labute approximate surface area is 707 Å². The number of aromatic amines is 1. The number of amides is 17. The van der Waals surface area contributed by atoms with Crippen molar-refractivity contribution in [1.29, 1.82) is 0 Å². The highest BCUT2D eigenvalue weighted by atomic mass is 32.2. The Morgan fingerprint density at radius 1 is 0.566 bits per heavy atom. The average Bonchev–Trinajstić information content (AvgIpc) is 1.74. The molecule has 122 heavy (non-hydrogen) atoms. The van der Waals surface area contributed by atoms with Gasteiger partial charge in [0.05, 0.1) is 19.1 Å². The highest BCUT2D eigenvalue weighted by molar-refractivity contribution is 7.99. The molecule has 656 valence electrons. The monoisotopic (exact) mass is 1710 g/mol. The molecule has 17 amide bonds. The minimum absolute atomic E-state index is 0.124. The third-order valence-electron chi connectivity index (χ3n) is 19.9. The molecule has 39 heteroatoms. The fourth-order valence-electron chi connectivity index (χ4n) is 13.3. The van der Waals surface area contributed by atoms with Crippen molar-refractivity contribution >= 4 is 134 Å². The Hall–Kier alpha value is -13.0. The van der Waals surface area contributed by atoms with E-state index in [1.165, 1.54) is 13.8 Å². The van der Waals surface area contributed by atoms with Gasteiger partial charge < -0.3 is 113 Å². The molecular formula is C83H109N19O19S. The zero-order chi connectivity index (χ0) is 89.2. The molecule has 1 fully saturated rings. The molecule has 0 radical (unpaired) electrons. The van der Waals surface area contributed by atoms with Crippen LogP contribution in [0.3, 0.4) is 0 Å². The van der Waals surface area contributed by atoms with E-state index in [4.69, 9.17) is 33.4 Å². The van der Waals surface area contributed by atoms with Gasteiger partial charge in [0.15, 0.2) is 0 Å². The van der Waals surface area contributed by atoms with Crippen LogP contribution in [0.2, 0.25) is 0 Å². The predicted octanol–water partition coefficient (Wildman–Crippen LogP) is -2.15. The smallest absolute Gasteiger partial charge is 0.246 e. The van der Waals surface area contributed by atoms with Gasteiger partial charge in [-0.1, -0.05) is 91.0 Å². The van der Waals surface area contributed by atoms with Gasteiger partial charge in [-0.3, -0.25) is 81.5 Å². The van der Waals surface area contributed by atoms with E-state index in [0.29, 0.717) is 45.5 Å². The van der Waals surface area contributed by atoms with Crippen molar-refractivity contribution in [2.45, 2.75) is 196 Å². The maximum atomic E-state index is 15.9. The number of carbonyl (C=O) groups excluding carboxylic acids is 17. The number of H-pyrrole nitrogens is 1. The number of nitrogens with one attached hydrogen (secondary N) is 14. The number of benzene rings is 5. The van der Waals surface area contributed by atoms with E-state index in [-0.39, 0.29) is 82.5 Å². The van der Waals surface area contributed by atoms with Crippen LogP contribution in [-0.2, 0) is 101 Å². The topological polar surface area (TPSA) is 622 Å². The van der Waals surface area contributed by atoms with Crippen LogP contribution < -0.4 is 103 Å². The molecule has 1 aliphatic heterocycles. The summed E-state index contributed by atoms with van der Waals surface area (Å²) in [7, 11) is 0. The summed E-state index contributed by atoms with van der Waals surface area (Å²) in [6.45, 7) is 4.51. The molecular weight excluding hydrogens is 1600 g/mol. The largest absolute Gasteiger partial charge is 0.457 e. The number of aromatic nitrogens is 1. The number of para-hydroxylation sites is 2. The van der Waals surface area contributed by atoms with Crippen molar-refractivity contribution in [3.05, 3.63) is 144 Å². The zero-order valence-corrected chi connectivity index (χ0v) is 69.0. The van der Waals surface area contributed by atoms with Crippen molar-refractivity contribution in [2.75, 3.05) is 31.1 Å². The van der Waals surface area contributed by atoms with E-state index in [1.54, 1.807) is 109 Å². The molecule has 7 rings (SSSR count). The minimum atomic E-state index is -2.01. The summed E-state index contributed by atoms with van der Waals surface area (Å²) in [5.41, 5.74) is 27.8. The van der Waals surface area contributed by atoms with E-state index < -0.39 is 211 Å². The van der Waals surface area contributed by atoms with Crippen molar-refractivity contribution in [3.8, 4) is 11.5 Å². The normalized spacial score (nSPS) is 18.5. The quantitative estimate of drug-likeness (QED) is 0.0182. The molecule has 0 saturated carbocycles. The molecule has 1 aliphatic rings. The van der Waals surface area contributed by atoms with Gasteiger partial charge >= 0.3 is 0 Å². The molecule has 0 bridgehead atoms. The number of aliphatic hydroxyl groups excluding tert-OH is 1. The molecule has 1 saturated heterocycles. The number of primary amides is 4. The number of fused-ring (bicyclic) bond motifs is 2. The Kier molecular flexibility index (Phi) is 37.5. The Morgan fingerprint density at radius 2 is 1.16 bits per heavy atom. The summed E-state index contributed by atoms with van der Waals surface area (Å²) in [5.74, 6) is -16.2. The number of thioether (sulfide) groups is 1. The number of hydrogen-bond donors (Lipinski definition) is 20. The van der Waals surface area contributed by atoms with Gasteiger partial charge in [0.1, 0.15) is 77.5 Å². The van der Waals surface area contributed by atoms with Gasteiger partial charge in [0.2, 0.25) is 100 Å². The summed E-state index contributed by atoms with van der Waals surface area (Å²) in [4.78, 5) is 241. The Bertz CT molecular complexity index is 4730. The van der Waals surface area contributed by atoms with Gasteiger partial charge in [-0.25, -0.2) is 0 Å². The fraction of sp³-hybridized carbons (Fsp3) is 0.434. The molecule has 38 nitrogen and oxygen atoms in total. The average molecular weight is 1710 g/mol. The molecule has 0 aliphatic carbocycles. The number of nitrogens with two attached hydrogens (primary N) is 5. The van der Waals surface area contributed by atoms with Crippen LogP contribution in [0.5, 0.6) is 11.5 Å². The van der Waals surface area contributed by atoms with Crippen LogP contribution in [-0.4, -0.2) is 214 Å². The van der Waals surface area contributed by atoms with E-state index >= 15 is 28.8 Å². The van der Waals surface area contributed by atoms with Crippen molar-refractivity contribution in [3.63, 3.8) is 0 Å². The Morgan fingerprint density at radius 3 is 1.80 bits per heavy atom. The lowest BCUT2D eigenvalue weighted by atomic mass is 9.91. The zero-order valence-electron chi connectivity index (χ0n) is 68.2. The fourth-order valence-corrected chi connectivity index (χ4v) is 14.4. The van der Waals surface area contributed by atoms with Crippen LogP contribution in [0.25, 0.3) is 21.7 Å². The third-order valence-corrected chi connectivity index (χ3v) is 21.0. The van der Waals surface area contributed by atoms with Crippen molar-refractivity contribution in [1.82, 2.24) is 74.1 Å². The second-order valence-electron chi connectivity index (χ2n) is 29.9. The minimum Gasteiger partial charge on any atom is -0.457 e. The predicted molar refractivity (Wildman–Crippen MR) is 450 cm³/mol. The highest BCUT2D eigenvalue weighted by Crippen LogP contribution is 2.25. The number of hydrogen-bond acceptors (Lipinski definition) is 21. The second kappa shape index (κ2) is 47.7. The number of carbonyl (C=O) groups is 17. The summed E-state index contributed by atoms with van der Waals surface area (Å²) in [6.07, 6.45) is -3.69. The van der Waals surface area contributed by atoms with Gasteiger partial charge in [0.25, 0.3) is 0 Å².